The summed E-state index contributed by atoms with van der Waals surface area (Å²) in [5, 5.41) is 0.222. The third kappa shape index (κ3) is 6.96. The molecule has 4 aromatic carbocycles. The van der Waals surface area contributed by atoms with E-state index in [2.05, 4.69) is 156 Å². The van der Waals surface area contributed by atoms with Crippen LogP contribution in [0, 0.1) is 0 Å². The van der Waals surface area contributed by atoms with Gasteiger partial charge in [0.05, 0.1) is 0 Å². The van der Waals surface area contributed by atoms with Crippen molar-refractivity contribution in [1.29, 1.82) is 0 Å². The summed E-state index contributed by atoms with van der Waals surface area (Å²) in [4.78, 5) is 27.7. The number of hydrogen-bond acceptors (Lipinski definition) is 4. The van der Waals surface area contributed by atoms with Gasteiger partial charge in [-0.25, -0.2) is 0 Å². The Labute approximate surface area is 317 Å². The molecule has 0 saturated carbocycles. The molecule has 6 rings (SSSR count). The summed E-state index contributed by atoms with van der Waals surface area (Å²) in [5.74, 6) is 0. The zero-order valence-corrected chi connectivity index (χ0v) is 37.7. The van der Waals surface area contributed by atoms with Crippen molar-refractivity contribution >= 4 is 43.7 Å². The Kier molecular flexibility index (Phi) is 9.75. The van der Waals surface area contributed by atoms with Crippen LogP contribution in [0.5, 0.6) is 0 Å². The molecule has 0 unspecified atom stereocenters. The van der Waals surface area contributed by atoms with E-state index in [4.69, 9.17) is 0 Å². The van der Waals surface area contributed by atoms with Crippen LogP contribution >= 0.6 is 17.9 Å². The third-order valence-corrected chi connectivity index (χ3v) is 40.3. The molecular weight excluding hydrogens is 767 g/mol. The van der Waals surface area contributed by atoms with E-state index in [1.807, 2.05) is 0 Å². The van der Waals surface area contributed by atoms with Gasteiger partial charge in [0.1, 0.15) is 0 Å². The molecule has 0 heterocycles. The number of fused-ring (bicyclic) bond motifs is 6. The summed E-state index contributed by atoms with van der Waals surface area (Å²) in [6.45, 7) is 30.8. The Balaban J connectivity index is 1.74. The topological polar surface area (TPSA) is 34.1 Å². The summed E-state index contributed by atoms with van der Waals surface area (Å²) in [5.41, 5.74) is 15.4. The van der Waals surface area contributed by atoms with E-state index < -0.39 is 15.6 Å². The molecule has 5 heteroatoms. The van der Waals surface area contributed by atoms with Crippen LogP contribution in [0.2, 0.25) is 0 Å². The number of benzene rings is 4. The van der Waals surface area contributed by atoms with Crippen molar-refractivity contribution in [2.75, 3.05) is 0 Å². The molecule has 0 spiro atoms. The van der Waals surface area contributed by atoms with E-state index in [9.17, 15) is 9.59 Å². The van der Waals surface area contributed by atoms with Crippen LogP contribution in [-0.4, -0.2) is 25.8 Å². The van der Waals surface area contributed by atoms with Gasteiger partial charge in [0.15, 0.2) is 0 Å². The second-order valence-electron chi connectivity index (χ2n) is 19.0. The number of rotatable bonds is 4. The fourth-order valence-corrected chi connectivity index (χ4v) is 42.8. The van der Waals surface area contributed by atoms with E-state index in [0.29, 0.717) is 0 Å². The SMILES string of the molecule is CC(=O)[S][Sn]([S]C(C)=O)([CH]1c2ccc(C(C)(C)C)cc2-c2cc(C(C)(C)C)ccc21)[CH]1c2ccc(C(C)(C)C)cc2-c2cc(C(C)(C)C)ccc21. The predicted octanol–water partition coefficient (Wildman–Crippen LogP) is 12.9. The molecule has 2 aliphatic carbocycles. The summed E-state index contributed by atoms with van der Waals surface area (Å²) >= 11 is -4.35. The molecule has 0 aliphatic heterocycles. The molecule has 0 fully saturated rings. The number of hydrogen-bond donors (Lipinski definition) is 0. The normalized spacial score (nSPS) is 15.0. The van der Waals surface area contributed by atoms with Crippen LogP contribution < -0.4 is 0 Å². The summed E-state index contributed by atoms with van der Waals surface area (Å²) < 4.78 is -0.0213. The summed E-state index contributed by atoms with van der Waals surface area (Å²) in [7, 11) is 3.15. The number of carbonyl (C=O) groups is 2. The van der Waals surface area contributed by atoms with Gasteiger partial charge in [-0.15, -0.1) is 0 Å². The first kappa shape index (κ1) is 38.4. The van der Waals surface area contributed by atoms with Gasteiger partial charge in [-0.2, -0.15) is 0 Å². The Bertz CT molecular complexity index is 1790. The molecule has 0 amide bonds. The molecule has 0 bridgehead atoms. The molecule has 2 nitrogen and oxygen atoms in total. The van der Waals surface area contributed by atoms with Crippen molar-refractivity contribution in [1.82, 2.24) is 0 Å². The van der Waals surface area contributed by atoms with Gasteiger partial charge in [0.25, 0.3) is 0 Å². The molecule has 0 aromatic heterocycles. The van der Waals surface area contributed by atoms with Gasteiger partial charge in [0.2, 0.25) is 0 Å². The fourth-order valence-electron chi connectivity index (χ4n) is 8.11. The Morgan fingerprint density at radius 1 is 0.431 bits per heavy atom. The molecule has 4 aromatic rings. The average Bonchev–Trinajstić information content (AvgIpc) is 3.50. The second kappa shape index (κ2) is 12.9. The van der Waals surface area contributed by atoms with Gasteiger partial charge >= 0.3 is 319 Å². The molecule has 268 valence electrons. The minimum atomic E-state index is -4.35. The van der Waals surface area contributed by atoms with Crippen molar-refractivity contribution in [2.45, 2.75) is 126 Å². The van der Waals surface area contributed by atoms with Crippen LogP contribution in [0.3, 0.4) is 0 Å². The zero-order valence-electron chi connectivity index (χ0n) is 33.2. The van der Waals surface area contributed by atoms with Crippen molar-refractivity contribution < 1.29 is 9.59 Å². The van der Waals surface area contributed by atoms with Crippen LogP contribution in [0.15, 0.2) is 72.8 Å². The summed E-state index contributed by atoms with van der Waals surface area (Å²) in [6, 6.07) is 28.3. The van der Waals surface area contributed by atoms with Crippen molar-refractivity contribution in [2.24, 2.45) is 0 Å². The third-order valence-electron chi connectivity index (χ3n) is 10.9. The van der Waals surface area contributed by atoms with E-state index in [-0.39, 0.29) is 39.8 Å². The van der Waals surface area contributed by atoms with E-state index in [0.717, 1.165) is 0 Å². The van der Waals surface area contributed by atoms with Crippen molar-refractivity contribution in [3.63, 3.8) is 0 Å². The van der Waals surface area contributed by atoms with E-state index in [1.165, 1.54) is 66.8 Å². The first-order chi connectivity index (χ1) is 23.4. The van der Waals surface area contributed by atoms with Crippen LogP contribution in [0.4, 0.5) is 0 Å². The van der Waals surface area contributed by atoms with Gasteiger partial charge in [-0.3, -0.25) is 0 Å². The molecule has 0 saturated heterocycles. The minimum absolute atomic E-state index is 0.0106. The van der Waals surface area contributed by atoms with Crippen molar-refractivity contribution in [3.8, 4) is 22.3 Å². The number of carbonyl (C=O) groups excluding carboxylic acids is 2. The summed E-state index contributed by atoms with van der Waals surface area (Å²) in [6.07, 6.45) is 0. The maximum atomic E-state index is 13.8. The molecular formula is C46H56O2S2Sn. The van der Waals surface area contributed by atoms with Gasteiger partial charge in [-0.1, -0.05) is 0 Å². The molecule has 0 N–H and O–H groups in total. The first-order valence-corrected chi connectivity index (χ1v) is 30.3. The Morgan fingerprint density at radius 2 is 0.647 bits per heavy atom. The molecule has 2 aliphatic rings. The molecule has 0 atom stereocenters. The van der Waals surface area contributed by atoms with Crippen LogP contribution in [-0.2, 0) is 31.2 Å². The van der Waals surface area contributed by atoms with Gasteiger partial charge in [-0.05, 0) is 0 Å². The van der Waals surface area contributed by atoms with Crippen LogP contribution in [0.25, 0.3) is 22.3 Å². The van der Waals surface area contributed by atoms with Crippen LogP contribution in [0.1, 0.15) is 149 Å². The second-order valence-corrected chi connectivity index (χ2v) is 42.2. The van der Waals surface area contributed by atoms with E-state index >= 15 is 0 Å². The standard InChI is InChI=1S/2C21H25.2C2H4OS.Sn/c2*1-20(2,3)16-9-7-14-11-15-8-10-17(21(4,5)6)13-19(15)18(14)12-16;2*1-2(3)4;/h2*7-13H,1-6H3;2*1H3,(H,3,4);/q;;;;+2/p-2. The molecule has 0 radical (unpaired) electrons. The molecule has 51 heavy (non-hydrogen) atoms. The van der Waals surface area contributed by atoms with Crippen molar-refractivity contribution in [3.05, 3.63) is 117 Å². The predicted molar refractivity (Wildman–Crippen MR) is 225 cm³/mol. The monoisotopic (exact) mass is 824 g/mol. The average molecular weight is 824 g/mol. The van der Waals surface area contributed by atoms with E-state index in [1.54, 1.807) is 31.7 Å². The first-order valence-electron chi connectivity index (χ1n) is 18.4. The Hall–Kier alpha value is -2.28. The quantitative estimate of drug-likeness (QED) is 0.192. The van der Waals surface area contributed by atoms with Gasteiger partial charge < -0.3 is 0 Å². The Morgan fingerprint density at radius 3 is 0.824 bits per heavy atom. The fraction of sp³-hybridized carbons (Fsp3) is 0.435. The maximum absolute atomic E-state index is 13.8. The van der Waals surface area contributed by atoms with Gasteiger partial charge in [0, 0.05) is 0 Å². The zero-order chi connectivity index (χ0) is 37.6.